The third-order valence-electron chi connectivity index (χ3n) is 2.75. The fraction of sp³-hybridized carbons (Fsp3) is 0.0769. The molecule has 0 amide bonds. The molecule has 0 unspecified atom stereocenters. The van der Waals surface area contributed by atoms with Gasteiger partial charge in [-0.25, -0.2) is 4.98 Å². The first kappa shape index (κ1) is 9.84. The second-order valence-corrected chi connectivity index (χ2v) is 4.02. The molecule has 0 fully saturated rings. The van der Waals surface area contributed by atoms with E-state index in [1.807, 2.05) is 16.8 Å². The van der Waals surface area contributed by atoms with Gasteiger partial charge in [0, 0.05) is 17.8 Å². The van der Waals surface area contributed by atoms with E-state index >= 15 is 0 Å². The van der Waals surface area contributed by atoms with Crippen molar-refractivity contribution in [3.63, 3.8) is 0 Å². The van der Waals surface area contributed by atoms with E-state index in [2.05, 4.69) is 41.2 Å². The van der Waals surface area contributed by atoms with Gasteiger partial charge < -0.3 is 10.3 Å². The smallest absolute Gasteiger partial charge is 0.221 e. The number of aromatic nitrogens is 3. The summed E-state index contributed by atoms with van der Waals surface area (Å²) in [5.74, 6) is 1.08. The van der Waals surface area contributed by atoms with Crippen LogP contribution in [0.15, 0.2) is 42.7 Å². The number of nitrogen functional groups attached to an aromatic ring is 1. The highest BCUT2D eigenvalue weighted by Gasteiger charge is 2.04. The van der Waals surface area contributed by atoms with Gasteiger partial charge in [0.25, 0.3) is 0 Å². The Bertz CT molecular complexity index is 685. The number of hydrogen-bond acceptors (Lipinski definition) is 3. The normalized spacial score (nSPS) is 10.9. The van der Waals surface area contributed by atoms with Crippen LogP contribution >= 0.6 is 0 Å². The van der Waals surface area contributed by atoms with Crippen LogP contribution in [0.1, 0.15) is 5.56 Å². The molecule has 2 N–H and O–H groups in total. The molecule has 84 valence electrons. The lowest BCUT2D eigenvalue weighted by atomic mass is 10.2. The zero-order valence-corrected chi connectivity index (χ0v) is 9.46. The molecule has 4 heteroatoms. The van der Waals surface area contributed by atoms with Crippen LogP contribution in [-0.4, -0.2) is 14.5 Å². The summed E-state index contributed by atoms with van der Waals surface area (Å²) in [7, 11) is 0. The van der Waals surface area contributed by atoms with Gasteiger partial charge in [0.05, 0.1) is 5.52 Å². The molecule has 0 bridgehead atoms. The summed E-state index contributed by atoms with van der Waals surface area (Å²) in [5.41, 5.74) is 7.95. The van der Waals surface area contributed by atoms with Crippen LogP contribution in [-0.2, 0) is 0 Å². The van der Waals surface area contributed by atoms with E-state index in [4.69, 9.17) is 5.73 Å². The highest BCUT2D eigenvalue weighted by Crippen LogP contribution is 2.20. The molecule has 17 heavy (non-hydrogen) atoms. The molecule has 3 rings (SSSR count). The maximum absolute atomic E-state index is 5.60. The molecule has 0 aliphatic carbocycles. The van der Waals surface area contributed by atoms with Gasteiger partial charge in [-0.1, -0.05) is 12.1 Å². The standard InChI is InChI=1S/C13H12N4/c1-9-2-3-10-5-7-17(11(10)8-9)12-4-6-15-13(14)16-12/h2-8H,1H3,(H2,14,15,16). The van der Waals surface area contributed by atoms with Crippen molar-refractivity contribution in [3.8, 4) is 5.82 Å². The third kappa shape index (κ3) is 1.63. The molecule has 0 atom stereocenters. The summed E-state index contributed by atoms with van der Waals surface area (Å²) in [6.45, 7) is 2.07. The van der Waals surface area contributed by atoms with Crippen LogP contribution < -0.4 is 5.73 Å². The van der Waals surface area contributed by atoms with Crippen molar-refractivity contribution in [2.75, 3.05) is 5.73 Å². The molecule has 2 heterocycles. The first-order valence-corrected chi connectivity index (χ1v) is 5.41. The van der Waals surface area contributed by atoms with Gasteiger partial charge in [-0.2, -0.15) is 4.98 Å². The fourth-order valence-corrected chi connectivity index (χ4v) is 1.94. The summed E-state index contributed by atoms with van der Waals surface area (Å²) in [6, 6.07) is 10.2. The highest BCUT2D eigenvalue weighted by molar-refractivity contribution is 5.82. The topological polar surface area (TPSA) is 56.7 Å². The Morgan fingerprint density at radius 3 is 2.88 bits per heavy atom. The van der Waals surface area contributed by atoms with Gasteiger partial charge in [-0.3, -0.25) is 0 Å². The number of aryl methyl sites for hydroxylation is 1. The van der Waals surface area contributed by atoms with E-state index in [1.165, 1.54) is 10.9 Å². The van der Waals surface area contributed by atoms with Crippen molar-refractivity contribution < 1.29 is 0 Å². The zero-order valence-electron chi connectivity index (χ0n) is 9.46. The van der Waals surface area contributed by atoms with Gasteiger partial charge in [0.15, 0.2) is 0 Å². The predicted molar refractivity (Wildman–Crippen MR) is 68.0 cm³/mol. The Kier molecular flexibility index (Phi) is 2.08. The number of rotatable bonds is 1. The van der Waals surface area contributed by atoms with E-state index in [1.54, 1.807) is 6.20 Å². The van der Waals surface area contributed by atoms with Crippen molar-refractivity contribution in [1.29, 1.82) is 0 Å². The van der Waals surface area contributed by atoms with Crippen molar-refractivity contribution in [2.45, 2.75) is 6.92 Å². The molecule has 2 aromatic heterocycles. The summed E-state index contributed by atoms with van der Waals surface area (Å²) >= 11 is 0. The predicted octanol–water partition coefficient (Wildman–Crippen LogP) is 2.31. The number of hydrogen-bond donors (Lipinski definition) is 1. The average molecular weight is 224 g/mol. The Labute approximate surface area is 98.7 Å². The lowest BCUT2D eigenvalue weighted by Gasteiger charge is -2.05. The van der Waals surface area contributed by atoms with Crippen molar-refractivity contribution in [2.24, 2.45) is 0 Å². The van der Waals surface area contributed by atoms with E-state index in [0.717, 1.165) is 11.3 Å². The van der Waals surface area contributed by atoms with E-state index < -0.39 is 0 Å². The molecule has 0 radical (unpaired) electrons. The first-order chi connectivity index (χ1) is 8.24. The largest absolute Gasteiger partial charge is 0.368 e. The summed E-state index contributed by atoms with van der Waals surface area (Å²) < 4.78 is 2.01. The zero-order chi connectivity index (χ0) is 11.8. The number of nitrogens with two attached hydrogens (primary N) is 1. The van der Waals surface area contributed by atoms with Crippen LogP contribution in [0.2, 0.25) is 0 Å². The molecule has 0 spiro atoms. The van der Waals surface area contributed by atoms with Crippen LogP contribution in [0.3, 0.4) is 0 Å². The summed E-state index contributed by atoms with van der Waals surface area (Å²) in [5, 5.41) is 1.19. The minimum Gasteiger partial charge on any atom is -0.368 e. The van der Waals surface area contributed by atoms with Gasteiger partial charge in [0.2, 0.25) is 5.95 Å². The second-order valence-electron chi connectivity index (χ2n) is 4.02. The van der Waals surface area contributed by atoms with Crippen LogP contribution in [0, 0.1) is 6.92 Å². The fourth-order valence-electron chi connectivity index (χ4n) is 1.94. The number of anilines is 1. The van der Waals surface area contributed by atoms with Crippen molar-refractivity contribution >= 4 is 16.9 Å². The van der Waals surface area contributed by atoms with Crippen LogP contribution in [0.5, 0.6) is 0 Å². The minimum absolute atomic E-state index is 0.289. The Morgan fingerprint density at radius 2 is 2.06 bits per heavy atom. The summed E-state index contributed by atoms with van der Waals surface area (Å²) in [4.78, 5) is 8.13. The van der Waals surface area contributed by atoms with Crippen LogP contribution in [0.4, 0.5) is 5.95 Å². The first-order valence-electron chi connectivity index (χ1n) is 5.41. The lowest BCUT2D eigenvalue weighted by molar-refractivity contribution is 1.02. The average Bonchev–Trinajstić information content (AvgIpc) is 2.71. The monoisotopic (exact) mass is 224 g/mol. The van der Waals surface area contributed by atoms with Gasteiger partial charge >= 0.3 is 0 Å². The molecular formula is C13H12N4. The molecule has 1 aromatic carbocycles. The van der Waals surface area contributed by atoms with Gasteiger partial charge in [-0.05, 0) is 30.7 Å². The molecule has 0 aliphatic rings. The highest BCUT2D eigenvalue weighted by atomic mass is 15.1. The lowest BCUT2D eigenvalue weighted by Crippen LogP contribution is -2.00. The number of fused-ring (bicyclic) bond motifs is 1. The minimum atomic E-state index is 0.289. The number of benzene rings is 1. The Morgan fingerprint density at radius 1 is 1.18 bits per heavy atom. The van der Waals surface area contributed by atoms with Gasteiger partial charge in [-0.15, -0.1) is 0 Å². The summed E-state index contributed by atoms with van der Waals surface area (Å²) in [6.07, 6.45) is 3.66. The Hall–Kier alpha value is -2.36. The molecule has 4 nitrogen and oxygen atoms in total. The van der Waals surface area contributed by atoms with Crippen molar-refractivity contribution in [3.05, 3.63) is 48.3 Å². The quantitative estimate of drug-likeness (QED) is 0.690. The Balaban J connectivity index is 2.27. The van der Waals surface area contributed by atoms with E-state index in [9.17, 15) is 0 Å². The van der Waals surface area contributed by atoms with Gasteiger partial charge in [0.1, 0.15) is 5.82 Å². The third-order valence-corrected chi connectivity index (χ3v) is 2.75. The maximum atomic E-state index is 5.60. The number of nitrogens with zero attached hydrogens (tertiary/aromatic N) is 3. The van der Waals surface area contributed by atoms with E-state index in [0.29, 0.717) is 0 Å². The molecule has 0 saturated carbocycles. The molecule has 3 aromatic rings. The molecule has 0 saturated heterocycles. The van der Waals surface area contributed by atoms with Crippen LogP contribution in [0.25, 0.3) is 16.7 Å². The maximum Gasteiger partial charge on any atom is 0.221 e. The van der Waals surface area contributed by atoms with E-state index in [-0.39, 0.29) is 5.95 Å². The van der Waals surface area contributed by atoms with Crippen molar-refractivity contribution in [1.82, 2.24) is 14.5 Å². The SMILES string of the molecule is Cc1ccc2ccn(-c3ccnc(N)n3)c2c1. The molecule has 0 aliphatic heterocycles. The second kappa shape index (κ2) is 3.59. The molecular weight excluding hydrogens is 212 g/mol.